The van der Waals surface area contributed by atoms with Crippen molar-refractivity contribution in [3.63, 3.8) is 0 Å². The Labute approximate surface area is 64.8 Å². The number of allylic oxidation sites excluding steroid dienone is 1. The zero-order valence-electron chi connectivity index (χ0n) is 6.23. The van der Waals surface area contributed by atoms with Gasteiger partial charge in [-0.3, -0.25) is 10.8 Å². The minimum absolute atomic E-state index is 0.164. The molecule has 0 rings (SSSR count). The smallest absolute Gasteiger partial charge is 0.164 e. The molecule has 0 aromatic rings. The summed E-state index contributed by atoms with van der Waals surface area (Å²) in [4.78, 5) is 0. The largest absolute Gasteiger partial charge is 0.381 e. The number of nitrogens with two attached hydrogens (primary N) is 1. The summed E-state index contributed by atoms with van der Waals surface area (Å²) in [6, 6.07) is 0. The lowest BCUT2D eigenvalue weighted by Crippen LogP contribution is -2.31. The minimum atomic E-state index is -0.322. The molecule has 0 amide bonds. The van der Waals surface area contributed by atoms with Crippen LogP contribution in [0.4, 0.5) is 0 Å². The highest BCUT2D eigenvalue weighted by atomic mass is 15.0. The lowest BCUT2D eigenvalue weighted by Gasteiger charge is -1.98. The van der Waals surface area contributed by atoms with Crippen LogP contribution in [-0.4, -0.2) is 17.4 Å². The van der Waals surface area contributed by atoms with Crippen molar-refractivity contribution in [1.29, 1.82) is 16.2 Å². The first-order chi connectivity index (χ1) is 5.04. The first kappa shape index (κ1) is 9.35. The van der Waals surface area contributed by atoms with E-state index in [0.717, 1.165) is 0 Å². The zero-order chi connectivity index (χ0) is 8.85. The van der Waals surface area contributed by atoms with E-state index in [4.69, 9.17) is 22.0 Å². The molecule has 0 atom stereocenters. The van der Waals surface area contributed by atoms with Gasteiger partial charge < -0.3 is 16.5 Å². The van der Waals surface area contributed by atoms with Crippen molar-refractivity contribution >= 4 is 17.4 Å². The summed E-state index contributed by atoms with van der Waals surface area (Å²) in [5.74, 6) is -0.486. The van der Waals surface area contributed by atoms with Crippen LogP contribution in [0, 0.1) is 16.2 Å². The van der Waals surface area contributed by atoms with E-state index in [0.29, 0.717) is 5.71 Å². The second-order valence-electron chi connectivity index (χ2n) is 1.95. The van der Waals surface area contributed by atoms with Gasteiger partial charge in [-0.2, -0.15) is 0 Å². The van der Waals surface area contributed by atoms with Crippen molar-refractivity contribution in [2.24, 2.45) is 5.73 Å². The zero-order valence-corrected chi connectivity index (χ0v) is 6.23. The SMILES string of the molecule is CC(=N)/C=C\NC(=N)C(=N)N. The maximum absolute atomic E-state index is 7.01. The van der Waals surface area contributed by atoms with Crippen LogP contribution in [0.15, 0.2) is 12.3 Å². The third kappa shape index (κ3) is 4.83. The average molecular weight is 153 g/mol. The van der Waals surface area contributed by atoms with Crippen molar-refractivity contribution in [1.82, 2.24) is 5.32 Å². The van der Waals surface area contributed by atoms with E-state index in [1.807, 2.05) is 0 Å². The topological polar surface area (TPSA) is 110 Å². The first-order valence-corrected chi connectivity index (χ1v) is 2.95. The van der Waals surface area contributed by atoms with Crippen LogP contribution in [0.3, 0.4) is 0 Å². The van der Waals surface area contributed by atoms with Crippen LogP contribution in [0.1, 0.15) is 6.92 Å². The number of rotatable bonds is 2. The van der Waals surface area contributed by atoms with Crippen LogP contribution < -0.4 is 11.1 Å². The van der Waals surface area contributed by atoms with Gasteiger partial charge in [0, 0.05) is 11.9 Å². The Morgan fingerprint density at radius 2 is 1.91 bits per heavy atom. The van der Waals surface area contributed by atoms with Crippen LogP contribution in [0.2, 0.25) is 0 Å². The molecule has 0 aromatic carbocycles. The summed E-state index contributed by atoms with van der Waals surface area (Å²) < 4.78 is 0. The van der Waals surface area contributed by atoms with Crippen molar-refractivity contribution in [2.45, 2.75) is 6.92 Å². The average Bonchev–Trinajstić information content (AvgIpc) is 1.86. The molecule has 11 heavy (non-hydrogen) atoms. The van der Waals surface area contributed by atoms with Gasteiger partial charge >= 0.3 is 0 Å². The molecule has 0 aliphatic rings. The molecule has 0 unspecified atom stereocenters. The molecule has 0 aromatic heterocycles. The fourth-order valence-electron chi connectivity index (χ4n) is 0.328. The predicted octanol–water partition coefficient (Wildman–Crippen LogP) is 0.0426. The molecule has 0 aliphatic heterocycles. The van der Waals surface area contributed by atoms with Crippen molar-refractivity contribution in [3.8, 4) is 0 Å². The molecule has 0 saturated carbocycles. The normalized spacial score (nSPS) is 9.55. The summed E-state index contributed by atoms with van der Waals surface area (Å²) in [6.45, 7) is 1.61. The lowest BCUT2D eigenvalue weighted by atomic mass is 10.4. The molecule has 6 N–H and O–H groups in total. The van der Waals surface area contributed by atoms with E-state index in [1.165, 1.54) is 12.3 Å². The number of amidine groups is 2. The van der Waals surface area contributed by atoms with Gasteiger partial charge in [0.05, 0.1) is 0 Å². The van der Waals surface area contributed by atoms with Gasteiger partial charge in [0.25, 0.3) is 0 Å². The molecule has 5 heteroatoms. The Hall–Kier alpha value is -1.65. The van der Waals surface area contributed by atoms with Gasteiger partial charge in [-0.1, -0.05) is 0 Å². The van der Waals surface area contributed by atoms with E-state index < -0.39 is 0 Å². The Bertz CT molecular complexity index is 215. The molecule has 60 valence electrons. The van der Waals surface area contributed by atoms with E-state index in [9.17, 15) is 0 Å². The molecular weight excluding hydrogens is 142 g/mol. The maximum Gasteiger partial charge on any atom is 0.164 e. The number of nitrogens with one attached hydrogen (secondary N) is 4. The standard InChI is InChI=1S/C6H11N5/c1-4(7)2-3-11-6(10)5(8)9/h2-3,7H,1H3,(H3,8,9)(H2,10,11)/b3-2-,7-4?. The highest BCUT2D eigenvalue weighted by molar-refractivity contribution is 6.37. The molecule has 0 aliphatic carbocycles. The Morgan fingerprint density at radius 1 is 1.36 bits per heavy atom. The molecule has 0 bridgehead atoms. The maximum atomic E-state index is 7.01. The lowest BCUT2D eigenvalue weighted by molar-refractivity contribution is 1.23. The third-order valence-electron chi connectivity index (χ3n) is 0.830. The highest BCUT2D eigenvalue weighted by Gasteiger charge is 1.93. The molecule has 0 spiro atoms. The molecule has 0 fully saturated rings. The summed E-state index contributed by atoms with van der Waals surface area (Å²) in [5, 5.41) is 23.2. The molecule has 5 nitrogen and oxygen atoms in total. The second kappa shape index (κ2) is 4.21. The Balaban J connectivity index is 3.80. The van der Waals surface area contributed by atoms with Crippen LogP contribution in [0.25, 0.3) is 0 Å². The summed E-state index contributed by atoms with van der Waals surface area (Å²) in [7, 11) is 0. The second-order valence-corrected chi connectivity index (χ2v) is 1.95. The quantitative estimate of drug-likeness (QED) is 0.285. The minimum Gasteiger partial charge on any atom is -0.381 e. The van der Waals surface area contributed by atoms with Gasteiger partial charge in [-0.25, -0.2) is 0 Å². The van der Waals surface area contributed by atoms with Crippen LogP contribution >= 0.6 is 0 Å². The van der Waals surface area contributed by atoms with Gasteiger partial charge in [-0.15, -0.1) is 0 Å². The van der Waals surface area contributed by atoms with Crippen LogP contribution in [-0.2, 0) is 0 Å². The molecular formula is C6H11N5. The summed E-state index contributed by atoms with van der Waals surface area (Å²) >= 11 is 0. The molecule has 0 saturated heterocycles. The fourth-order valence-corrected chi connectivity index (χ4v) is 0.328. The van der Waals surface area contributed by atoms with Crippen molar-refractivity contribution in [2.75, 3.05) is 0 Å². The summed E-state index contributed by atoms with van der Waals surface area (Å²) in [6.07, 6.45) is 2.86. The van der Waals surface area contributed by atoms with E-state index in [-0.39, 0.29) is 11.7 Å². The first-order valence-electron chi connectivity index (χ1n) is 2.95. The summed E-state index contributed by atoms with van der Waals surface area (Å²) in [5.41, 5.74) is 5.33. The third-order valence-corrected chi connectivity index (χ3v) is 0.830. The van der Waals surface area contributed by atoms with E-state index >= 15 is 0 Å². The van der Waals surface area contributed by atoms with E-state index in [1.54, 1.807) is 6.92 Å². The molecule has 0 radical (unpaired) electrons. The van der Waals surface area contributed by atoms with Gasteiger partial charge in [-0.05, 0) is 13.0 Å². The van der Waals surface area contributed by atoms with Crippen LogP contribution in [0.5, 0.6) is 0 Å². The van der Waals surface area contributed by atoms with E-state index in [2.05, 4.69) is 5.32 Å². The Kier molecular flexibility index (Phi) is 3.58. The monoisotopic (exact) mass is 153 g/mol. The van der Waals surface area contributed by atoms with Gasteiger partial charge in [0.15, 0.2) is 11.7 Å². The van der Waals surface area contributed by atoms with Gasteiger partial charge in [0.2, 0.25) is 0 Å². The predicted molar refractivity (Wildman–Crippen MR) is 45.3 cm³/mol. The van der Waals surface area contributed by atoms with Crippen molar-refractivity contribution in [3.05, 3.63) is 12.3 Å². The molecule has 0 heterocycles. The van der Waals surface area contributed by atoms with Crippen molar-refractivity contribution < 1.29 is 0 Å². The van der Waals surface area contributed by atoms with Gasteiger partial charge in [0.1, 0.15) is 0 Å². The number of hydrogen-bond acceptors (Lipinski definition) is 3. The fraction of sp³-hybridized carbons (Fsp3) is 0.167. The highest BCUT2D eigenvalue weighted by Crippen LogP contribution is 1.72. The number of hydrogen-bond donors (Lipinski definition) is 5. The Morgan fingerprint density at radius 3 is 2.27 bits per heavy atom.